The van der Waals surface area contributed by atoms with Crippen LogP contribution in [0.15, 0.2) is 42.6 Å². The van der Waals surface area contributed by atoms with Crippen LogP contribution in [0.1, 0.15) is 28.4 Å². The van der Waals surface area contributed by atoms with Gasteiger partial charge in [-0.15, -0.1) is 0 Å². The van der Waals surface area contributed by atoms with Crippen molar-refractivity contribution in [2.45, 2.75) is 20.4 Å². The van der Waals surface area contributed by atoms with E-state index in [4.69, 9.17) is 0 Å². The first-order chi connectivity index (χ1) is 9.70. The van der Waals surface area contributed by atoms with Crippen molar-refractivity contribution in [2.75, 3.05) is 11.9 Å². The maximum Gasteiger partial charge on any atom is 0.255 e. The van der Waals surface area contributed by atoms with E-state index in [1.165, 1.54) is 5.56 Å². The van der Waals surface area contributed by atoms with Crippen LogP contribution >= 0.6 is 0 Å². The molecular formula is C16H19N3O. The largest absolute Gasteiger partial charge is 0.370 e. The summed E-state index contributed by atoms with van der Waals surface area (Å²) in [5.74, 6) is 0.507. The highest BCUT2D eigenvalue weighted by molar-refractivity contribution is 5.98. The summed E-state index contributed by atoms with van der Waals surface area (Å²) in [6.45, 7) is 5.26. The van der Waals surface area contributed by atoms with Gasteiger partial charge in [0.15, 0.2) is 0 Å². The number of pyridine rings is 1. The third-order valence-electron chi connectivity index (χ3n) is 2.93. The van der Waals surface area contributed by atoms with Crippen LogP contribution in [0, 0.1) is 6.92 Å². The second-order valence-corrected chi connectivity index (χ2v) is 4.60. The first kappa shape index (κ1) is 14.1. The monoisotopic (exact) mass is 269 g/mol. The minimum atomic E-state index is -0.115. The van der Waals surface area contributed by atoms with Crippen LogP contribution in [0.3, 0.4) is 0 Å². The minimum Gasteiger partial charge on any atom is -0.370 e. The fourth-order valence-corrected chi connectivity index (χ4v) is 2.00. The van der Waals surface area contributed by atoms with Crippen LogP contribution in [0.4, 0.5) is 5.82 Å². The smallest absolute Gasteiger partial charge is 0.255 e. The Hall–Kier alpha value is -2.36. The summed E-state index contributed by atoms with van der Waals surface area (Å²) in [4.78, 5) is 16.4. The van der Waals surface area contributed by atoms with E-state index in [0.29, 0.717) is 17.9 Å². The van der Waals surface area contributed by atoms with E-state index < -0.39 is 0 Å². The summed E-state index contributed by atoms with van der Waals surface area (Å²) in [5.41, 5.74) is 2.85. The van der Waals surface area contributed by atoms with Crippen LogP contribution in [0.5, 0.6) is 0 Å². The summed E-state index contributed by atoms with van der Waals surface area (Å²) in [6.07, 6.45) is 1.68. The van der Waals surface area contributed by atoms with E-state index >= 15 is 0 Å². The highest BCUT2D eigenvalue weighted by atomic mass is 16.1. The van der Waals surface area contributed by atoms with Crippen LogP contribution in [0.25, 0.3) is 0 Å². The summed E-state index contributed by atoms with van der Waals surface area (Å²) >= 11 is 0. The Morgan fingerprint density at radius 2 is 2.10 bits per heavy atom. The summed E-state index contributed by atoms with van der Waals surface area (Å²) in [5, 5.41) is 6.01. The lowest BCUT2D eigenvalue weighted by molar-refractivity contribution is 0.0951. The lowest BCUT2D eigenvalue weighted by atomic mass is 10.1. The van der Waals surface area contributed by atoms with Gasteiger partial charge in [-0.2, -0.15) is 0 Å². The van der Waals surface area contributed by atoms with E-state index in [9.17, 15) is 4.79 Å². The van der Waals surface area contributed by atoms with Crippen LogP contribution in [0.2, 0.25) is 0 Å². The Morgan fingerprint density at radius 3 is 2.85 bits per heavy atom. The molecule has 1 heterocycles. The Morgan fingerprint density at radius 1 is 1.25 bits per heavy atom. The molecule has 0 radical (unpaired) electrons. The van der Waals surface area contributed by atoms with Gasteiger partial charge in [0.25, 0.3) is 5.91 Å². The zero-order valence-electron chi connectivity index (χ0n) is 11.8. The number of nitrogens with one attached hydrogen (secondary N) is 2. The van der Waals surface area contributed by atoms with Gasteiger partial charge < -0.3 is 10.6 Å². The van der Waals surface area contributed by atoms with Crippen molar-refractivity contribution >= 4 is 11.7 Å². The van der Waals surface area contributed by atoms with Crippen molar-refractivity contribution in [1.82, 2.24) is 10.3 Å². The van der Waals surface area contributed by atoms with Crippen molar-refractivity contribution < 1.29 is 4.79 Å². The van der Waals surface area contributed by atoms with Crippen molar-refractivity contribution in [2.24, 2.45) is 0 Å². The number of hydrogen-bond acceptors (Lipinski definition) is 3. The SMILES string of the molecule is CCNc1ncccc1C(=O)NCc1cccc(C)c1. The number of nitrogens with zero attached hydrogens (tertiary/aromatic N) is 1. The average Bonchev–Trinajstić information content (AvgIpc) is 2.46. The average molecular weight is 269 g/mol. The van der Waals surface area contributed by atoms with E-state index in [-0.39, 0.29) is 5.91 Å². The van der Waals surface area contributed by atoms with E-state index in [1.54, 1.807) is 18.3 Å². The third kappa shape index (κ3) is 3.57. The summed E-state index contributed by atoms with van der Waals surface area (Å²) in [7, 11) is 0. The molecule has 0 atom stereocenters. The number of hydrogen-bond donors (Lipinski definition) is 2. The Bertz CT molecular complexity index is 596. The highest BCUT2D eigenvalue weighted by Crippen LogP contribution is 2.11. The molecule has 0 saturated carbocycles. The van der Waals surface area contributed by atoms with Gasteiger partial charge in [-0.25, -0.2) is 4.98 Å². The molecule has 1 aromatic heterocycles. The number of carbonyl (C=O) groups excluding carboxylic acids is 1. The lowest BCUT2D eigenvalue weighted by Crippen LogP contribution is -2.24. The van der Waals surface area contributed by atoms with Gasteiger partial charge in [0.2, 0.25) is 0 Å². The van der Waals surface area contributed by atoms with Gasteiger partial charge in [0, 0.05) is 19.3 Å². The maximum atomic E-state index is 12.2. The predicted molar refractivity (Wildman–Crippen MR) is 80.7 cm³/mol. The molecule has 2 N–H and O–H groups in total. The first-order valence-electron chi connectivity index (χ1n) is 6.73. The topological polar surface area (TPSA) is 54.0 Å². The molecule has 2 aromatic rings. The van der Waals surface area contributed by atoms with E-state index in [2.05, 4.69) is 21.7 Å². The normalized spacial score (nSPS) is 10.1. The molecule has 1 aromatic carbocycles. The first-order valence-corrected chi connectivity index (χ1v) is 6.73. The Kier molecular flexibility index (Phi) is 4.71. The van der Waals surface area contributed by atoms with Crippen LogP contribution < -0.4 is 10.6 Å². The van der Waals surface area contributed by atoms with Crippen molar-refractivity contribution in [3.8, 4) is 0 Å². The quantitative estimate of drug-likeness (QED) is 0.877. The fourth-order valence-electron chi connectivity index (χ4n) is 2.00. The molecular weight excluding hydrogens is 250 g/mol. The molecule has 0 aliphatic carbocycles. The summed E-state index contributed by atoms with van der Waals surface area (Å²) < 4.78 is 0. The number of rotatable bonds is 5. The highest BCUT2D eigenvalue weighted by Gasteiger charge is 2.11. The molecule has 20 heavy (non-hydrogen) atoms. The molecule has 1 amide bonds. The minimum absolute atomic E-state index is 0.115. The van der Waals surface area contributed by atoms with Gasteiger partial charge in [-0.3, -0.25) is 4.79 Å². The van der Waals surface area contributed by atoms with Gasteiger partial charge >= 0.3 is 0 Å². The van der Waals surface area contributed by atoms with Gasteiger partial charge in [0.1, 0.15) is 5.82 Å². The van der Waals surface area contributed by atoms with Crippen molar-refractivity contribution in [3.63, 3.8) is 0 Å². The zero-order chi connectivity index (χ0) is 14.4. The molecule has 0 aliphatic rings. The van der Waals surface area contributed by atoms with Crippen molar-refractivity contribution in [1.29, 1.82) is 0 Å². The van der Waals surface area contributed by atoms with E-state index in [0.717, 1.165) is 12.1 Å². The molecule has 4 heteroatoms. The van der Waals surface area contributed by atoms with Crippen LogP contribution in [-0.4, -0.2) is 17.4 Å². The predicted octanol–water partition coefficient (Wildman–Crippen LogP) is 2.75. The molecule has 0 spiro atoms. The van der Waals surface area contributed by atoms with Gasteiger partial charge in [-0.05, 0) is 31.5 Å². The number of benzene rings is 1. The van der Waals surface area contributed by atoms with Crippen LogP contribution in [-0.2, 0) is 6.54 Å². The second-order valence-electron chi connectivity index (χ2n) is 4.60. The third-order valence-corrected chi connectivity index (χ3v) is 2.93. The molecule has 0 bridgehead atoms. The Labute approximate surface area is 119 Å². The molecule has 4 nitrogen and oxygen atoms in total. The van der Waals surface area contributed by atoms with Gasteiger partial charge in [-0.1, -0.05) is 29.8 Å². The maximum absolute atomic E-state index is 12.2. The lowest BCUT2D eigenvalue weighted by Gasteiger charge is -2.10. The fraction of sp³-hybridized carbons (Fsp3) is 0.250. The number of aryl methyl sites for hydroxylation is 1. The molecule has 0 aliphatic heterocycles. The molecule has 0 unspecified atom stereocenters. The van der Waals surface area contributed by atoms with Gasteiger partial charge in [0.05, 0.1) is 5.56 Å². The standard InChI is InChI=1S/C16H19N3O/c1-3-17-15-14(8-5-9-18-15)16(20)19-11-13-7-4-6-12(2)10-13/h4-10H,3,11H2,1-2H3,(H,17,18)(H,19,20). The molecule has 0 fully saturated rings. The zero-order valence-corrected chi connectivity index (χ0v) is 11.8. The number of aromatic nitrogens is 1. The Balaban J connectivity index is 2.05. The number of carbonyl (C=O) groups is 1. The van der Waals surface area contributed by atoms with Crippen molar-refractivity contribution in [3.05, 3.63) is 59.3 Å². The molecule has 2 rings (SSSR count). The number of anilines is 1. The molecule has 104 valence electrons. The van der Waals surface area contributed by atoms with E-state index in [1.807, 2.05) is 32.0 Å². The molecule has 0 saturated heterocycles. The number of amides is 1. The summed E-state index contributed by atoms with van der Waals surface area (Å²) in [6, 6.07) is 11.6. The second kappa shape index (κ2) is 6.70.